The van der Waals surface area contributed by atoms with Gasteiger partial charge in [-0.2, -0.15) is 5.10 Å². The van der Waals surface area contributed by atoms with Crippen LogP contribution < -0.4 is 0 Å². The number of rotatable bonds is 3. The summed E-state index contributed by atoms with van der Waals surface area (Å²) in [5.74, 6) is -0.658. The van der Waals surface area contributed by atoms with Crippen molar-refractivity contribution < 1.29 is 14.4 Å². The van der Waals surface area contributed by atoms with Crippen molar-refractivity contribution in [1.82, 2.24) is 14.8 Å². The molecule has 0 saturated heterocycles. The van der Waals surface area contributed by atoms with Crippen LogP contribution >= 0.6 is 0 Å². The average Bonchev–Trinajstić information content (AvgIpc) is 2.80. The summed E-state index contributed by atoms with van der Waals surface area (Å²) in [6, 6.07) is 2.49. The molecule has 3 rings (SSSR count). The maximum atomic E-state index is 13.7. The lowest BCUT2D eigenvalue weighted by Gasteiger charge is -2.31. The number of hydrogen-bond acceptors (Lipinski definition) is 5. The molecule has 0 atom stereocenters. The summed E-state index contributed by atoms with van der Waals surface area (Å²) in [5.41, 5.74) is -0.517. The van der Waals surface area contributed by atoms with E-state index < -0.39 is 16.8 Å². The van der Waals surface area contributed by atoms with E-state index in [9.17, 15) is 19.6 Å². The Morgan fingerprint density at radius 2 is 2.20 bits per heavy atom. The third-order valence-corrected chi connectivity index (χ3v) is 3.35. The van der Waals surface area contributed by atoms with Gasteiger partial charge in [0.25, 0.3) is 0 Å². The van der Waals surface area contributed by atoms with Gasteiger partial charge in [-0.25, -0.2) is 4.39 Å². The quantitative estimate of drug-likeness (QED) is 0.681. The molecule has 0 unspecified atom stereocenters. The summed E-state index contributed by atoms with van der Waals surface area (Å²) >= 11 is 0. The largest absolute Gasteiger partial charge is 0.393 e. The van der Waals surface area contributed by atoms with E-state index in [1.165, 1.54) is 29.2 Å². The van der Waals surface area contributed by atoms with Gasteiger partial charge in [0.1, 0.15) is 11.9 Å². The lowest BCUT2D eigenvalue weighted by atomic mass is 9.90. The molecule has 0 aromatic carbocycles. The number of aromatic nitrogens is 3. The number of nitrogens with zero attached hydrogens (tertiary/aromatic N) is 4. The van der Waals surface area contributed by atoms with Crippen molar-refractivity contribution in [3.05, 3.63) is 40.5 Å². The molecule has 1 aliphatic carbocycles. The highest BCUT2D eigenvalue weighted by molar-refractivity contribution is 5.65. The first kappa shape index (κ1) is 12.7. The van der Waals surface area contributed by atoms with Gasteiger partial charge in [-0.3, -0.25) is 19.8 Å². The second-order valence-corrected chi connectivity index (χ2v) is 4.71. The molecule has 1 aliphatic rings. The molecular weight excluding hydrogens is 267 g/mol. The Hall–Kier alpha value is -2.35. The zero-order chi connectivity index (χ0) is 14.3. The van der Waals surface area contributed by atoms with Crippen molar-refractivity contribution in [2.24, 2.45) is 0 Å². The second-order valence-electron chi connectivity index (χ2n) is 4.71. The molecule has 0 radical (unpaired) electrons. The van der Waals surface area contributed by atoms with Gasteiger partial charge in [0.05, 0.1) is 17.1 Å². The highest BCUT2D eigenvalue weighted by Crippen LogP contribution is 2.36. The van der Waals surface area contributed by atoms with Gasteiger partial charge in [0.2, 0.25) is 0 Å². The minimum absolute atomic E-state index is 0.0884. The molecule has 1 fully saturated rings. The average molecular weight is 278 g/mol. The number of aliphatic hydroxyl groups excluding tert-OH is 1. The molecule has 2 aromatic rings. The van der Waals surface area contributed by atoms with Gasteiger partial charge >= 0.3 is 5.69 Å². The molecule has 1 saturated carbocycles. The third-order valence-electron chi connectivity index (χ3n) is 3.35. The SMILES string of the molecule is O=[N+]([O-])c1cn([C@H]2C[C@H](O)C2)nc1-c1ncccc1F. The van der Waals surface area contributed by atoms with E-state index in [1.54, 1.807) is 0 Å². The van der Waals surface area contributed by atoms with Crippen LogP contribution in [0, 0.1) is 15.9 Å². The smallest absolute Gasteiger partial charge is 0.316 e. The van der Waals surface area contributed by atoms with Crippen LogP contribution in [-0.4, -0.2) is 30.9 Å². The van der Waals surface area contributed by atoms with Crippen LogP contribution in [0.15, 0.2) is 24.5 Å². The molecule has 20 heavy (non-hydrogen) atoms. The van der Waals surface area contributed by atoms with Gasteiger partial charge in [0.15, 0.2) is 11.5 Å². The molecule has 104 valence electrons. The van der Waals surface area contributed by atoms with E-state index in [1.807, 2.05) is 0 Å². The fraction of sp³-hybridized carbons (Fsp3) is 0.333. The third kappa shape index (κ3) is 2.03. The Labute approximate surface area is 112 Å². The van der Waals surface area contributed by atoms with Gasteiger partial charge in [-0.05, 0) is 25.0 Å². The van der Waals surface area contributed by atoms with Gasteiger partial charge < -0.3 is 5.11 Å². The first-order valence-corrected chi connectivity index (χ1v) is 6.08. The Morgan fingerprint density at radius 3 is 2.80 bits per heavy atom. The summed E-state index contributed by atoms with van der Waals surface area (Å²) in [6.07, 6.45) is 3.19. The fourth-order valence-electron chi connectivity index (χ4n) is 2.21. The van der Waals surface area contributed by atoms with Crippen LogP contribution in [0.25, 0.3) is 11.4 Å². The predicted molar refractivity (Wildman–Crippen MR) is 66.3 cm³/mol. The first-order chi connectivity index (χ1) is 9.56. The number of halogens is 1. The molecule has 0 bridgehead atoms. The molecule has 0 aliphatic heterocycles. The number of hydrogen-bond donors (Lipinski definition) is 1. The summed E-state index contributed by atoms with van der Waals surface area (Å²) in [4.78, 5) is 14.3. The van der Waals surface area contributed by atoms with Crippen LogP contribution in [0.4, 0.5) is 10.1 Å². The Balaban J connectivity index is 2.05. The second kappa shape index (κ2) is 4.64. The molecular formula is C12H11FN4O3. The van der Waals surface area contributed by atoms with Crippen LogP contribution in [-0.2, 0) is 0 Å². The Kier molecular flexibility index (Phi) is 2.94. The summed E-state index contributed by atoms with van der Waals surface area (Å²) in [5, 5.41) is 24.4. The maximum absolute atomic E-state index is 13.7. The van der Waals surface area contributed by atoms with E-state index in [0.717, 1.165) is 0 Å². The topological polar surface area (TPSA) is 94.1 Å². The van der Waals surface area contributed by atoms with E-state index in [0.29, 0.717) is 12.8 Å². The minimum Gasteiger partial charge on any atom is -0.393 e. The minimum atomic E-state index is -0.658. The number of aliphatic hydroxyl groups is 1. The number of nitro groups is 1. The van der Waals surface area contributed by atoms with E-state index in [-0.39, 0.29) is 23.1 Å². The van der Waals surface area contributed by atoms with Crippen LogP contribution in [0.5, 0.6) is 0 Å². The lowest BCUT2D eigenvalue weighted by molar-refractivity contribution is -0.384. The first-order valence-electron chi connectivity index (χ1n) is 6.08. The van der Waals surface area contributed by atoms with Gasteiger partial charge in [-0.1, -0.05) is 0 Å². The summed E-state index contributed by atoms with van der Waals surface area (Å²) < 4.78 is 15.1. The molecule has 2 heterocycles. The highest BCUT2D eigenvalue weighted by Gasteiger charge is 2.33. The zero-order valence-electron chi connectivity index (χ0n) is 10.3. The van der Waals surface area contributed by atoms with Crippen LogP contribution in [0.2, 0.25) is 0 Å². The summed E-state index contributed by atoms with van der Waals surface area (Å²) in [6.45, 7) is 0. The van der Waals surface area contributed by atoms with Crippen molar-refractivity contribution in [1.29, 1.82) is 0 Å². The van der Waals surface area contributed by atoms with E-state index in [4.69, 9.17) is 0 Å². The molecule has 0 spiro atoms. The fourth-order valence-corrected chi connectivity index (χ4v) is 2.21. The van der Waals surface area contributed by atoms with Gasteiger partial charge in [-0.15, -0.1) is 0 Å². The van der Waals surface area contributed by atoms with Crippen LogP contribution in [0.3, 0.4) is 0 Å². The van der Waals surface area contributed by atoms with E-state index >= 15 is 0 Å². The van der Waals surface area contributed by atoms with Crippen molar-refractivity contribution in [2.45, 2.75) is 25.0 Å². The maximum Gasteiger partial charge on any atom is 0.316 e. The van der Waals surface area contributed by atoms with E-state index in [2.05, 4.69) is 10.1 Å². The molecule has 1 N–H and O–H groups in total. The standard InChI is InChI=1S/C12H11FN4O3/c13-9-2-1-3-14-11(9)12-10(17(19)20)6-16(15-12)7-4-8(18)5-7/h1-3,6-8,18H,4-5H2/t7-,8-. The lowest BCUT2D eigenvalue weighted by Crippen LogP contribution is -2.31. The van der Waals surface area contributed by atoms with Crippen molar-refractivity contribution in [2.75, 3.05) is 0 Å². The monoisotopic (exact) mass is 278 g/mol. The molecule has 0 amide bonds. The number of pyridine rings is 1. The van der Waals surface area contributed by atoms with Crippen molar-refractivity contribution in [3.63, 3.8) is 0 Å². The zero-order valence-corrected chi connectivity index (χ0v) is 10.3. The van der Waals surface area contributed by atoms with Crippen LogP contribution in [0.1, 0.15) is 18.9 Å². The Bertz CT molecular complexity index is 666. The van der Waals surface area contributed by atoms with Crippen molar-refractivity contribution in [3.8, 4) is 11.4 Å². The van der Waals surface area contributed by atoms with Crippen molar-refractivity contribution >= 4 is 5.69 Å². The molecule has 7 nitrogen and oxygen atoms in total. The normalized spacial score (nSPS) is 21.5. The highest BCUT2D eigenvalue weighted by atomic mass is 19.1. The summed E-state index contributed by atoms with van der Waals surface area (Å²) in [7, 11) is 0. The predicted octanol–water partition coefficient (Wildman–Crippen LogP) is 1.69. The van der Waals surface area contributed by atoms with Gasteiger partial charge in [0, 0.05) is 6.20 Å². The molecule has 8 heteroatoms. The molecule has 2 aromatic heterocycles. The Morgan fingerprint density at radius 1 is 1.45 bits per heavy atom.